The van der Waals surface area contributed by atoms with Crippen molar-refractivity contribution < 1.29 is 17.9 Å². The first-order valence-corrected chi connectivity index (χ1v) is 4.33. The first-order valence-electron chi connectivity index (χ1n) is 4.33. The van der Waals surface area contributed by atoms with Crippen molar-refractivity contribution in [1.29, 1.82) is 0 Å². The highest BCUT2D eigenvalue weighted by molar-refractivity contribution is 4.82. The van der Waals surface area contributed by atoms with Crippen LogP contribution in [0.2, 0.25) is 0 Å². The second kappa shape index (κ2) is 4.97. The first-order chi connectivity index (χ1) is 7.38. The number of aromatic nitrogens is 2. The lowest BCUT2D eigenvalue weighted by Gasteiger charge is -2.08. The summed E-state index contributed by atoms with van der Waals surface area (Å²) in [5.41, 5.74) is -1.24. The quantitative estimate of drug-likeness (QED) is 0.757. The topological polar surface area (TPSA) is 64.1 Å². The molecule has 0 atom stereocenters. The number of aromatic amines is 1. The van der Waals surface area contributed by atoms with Crippen LogP contribution in [-0.2, 0) is 11.3 Å². The molecule has 90 valence electrons. The van der Waals surface area contributed by atoms with Gasteiger partial charge in [-0.25, -0.2) is 4.79 Å². The molecule has 0 aliphatic rings. The number of nitrogens with one attached hydrogen (secondary N) is 1. The molecule has 1 rings (SSSR count). The van der Waals surface area contributed by atoms with Crippen molar-refractivity contribution >= 4 is 0 Å². The summed E-state index contributed by atoms with van der Waals surface area (Å²) >= 11 is 0. The molecule has 0 unspecified atom stereocenters. The molecule has 0 saturated heterocycles. The number of hydrogen-bond donors (Lipinski definition) is 1. The number of alkyl halides is 3. The summed E-state index contributed by atoms with van der Waals surface area (Å²) in [6.45, 7) is -1.66. The number of ether oxygens (including phenoxy) is 1. The Labute approximate surface area is 87.5 Å². The fraction of sp³-hybridized carbons (Fsp3) is 0.500. The monoisotopic (exact) mass is 238 g/mol. The van der Waals surface area contributed by atoms with E-state index in [4.69, 9.17) is 0 Å². The summed E-state index contributed by atoms with van der Waals surface area (Å²) < 4.78 is 40.4. The van der Waals surface area contributed by atoms with E-state index in [0.29, 0.717) is 0 Å². The van der Waals surface area contributed by atoms with Gasteiger partial charge < -0.3 is 4.74 Å². The maximum atomic E-state index is 11.7. The van der Waals surface area contributed by atoms with Crippen LogP contribution in [-0.4, -0.2) is 28.9 Å². The SMILES string of the molecule is O=c1ccn(CCOCC(F)(F)F)c(=O)[nH]1. The van der Waals surface area contributed by atoms with Gasteiger partial charge in [0.25, 0.3) is 5.56 Å². The molecular formula is C8H9F3N2O3. The normalized spacial score (nSPS) is 11.7. The van der Waals surface area contributed by atoms with Gasteiger partial charge in [0, 0.05) is 12.3 Å². The van der Waals surface area contributed by atoms with Crippen molar-refractivity contribution in [3.05, 3.63) is 33.1 Å². The second-order valence-corrected chi connectivity index (χ2v) is 2.97. The standard InChI is InChI=1S/C8H9F3N2O3/c9-8(10,11)5-16-4-3-13-2-1-6(14)12-7(13)15/h1-2H,3-5H2,(H,12,14,15). The van der Waals surface area contributed by atoms with Crippen LogP contribution < -0.4 is 11.2 Å². The summed E-state index contributed by atoms with van der Waals surface area (Å²) in [6, 6.07) is 1.10. The average Bonchev–Trinajstić information content (AvgIpc) is 2.13. The molecule has 0 aliphatic carbocycles. The molecule has 1 aromatic heterocycles. The minimum absolute atomic E-state index is 0.0499. The van der Waals surface area contributed by atoms with Crippen molar-refractivity contribution in [1.82, 2.24) is 9.55 Å². The lowest BCUT2D eigenvalue weighted by Crippen LogP contribution is -2.30. The van der Waals surface area contributed by atoms with Crippen LogP contribution in [0.15, 0.2) is 21.9 Å². The van der Waals surface area contributed by atoms with E-state index in [1.807, 2.05) is 4.98 Å². The zero-order valence-electron chi connectivity index (χ0n) is 8.08. The average molecular weight is 238 g/mol. The van der Waals surface area contributed by atoms with Crippen molar-refractivity contribution in [2.45, 2.75) is 12.7 Å². The Morgan fingerprint density at radius 3 is 2.62 bits per heavy atom. The lowest BCUT2D eigenvalue weighted by atomic mass is 10.6. The van der Waals surface area contributed by atoms with Crippen LogP contribution >= 0.6 is 0 Å². The van der Waals surface area contributed by atoms with E-state index in [1.54, 1.807) is 0 Å². The van der Waals surface area contributed by atoms with Crippen LogP contribution in [0.25, 0.3) is 0 Å². The van der Waals surface area contributed by atoms with E-state index in [-0.39, 0.29) is 13.2 Å². The smallest absolute Gasteiger partial charge is 0.370 e. The number of halogens is 3. The largest absolute Gasteiger partial charge is 0.411 e. The molecule has 0 bridgehead atoms. The van der Waals surface area contributed by atoms with E-state index in [0.717, 1.165) is 10.6 Å². The van der Waals surface area contributed by atoms with Gasteiger partial charge in [-0.1, -0.05) is 0 Å². The summed E-state index contributed by atoms with van der Waals surface area (Å²) in [5, 5.41) is 0. The highest BCUT2D eigenvalue weighted by Crippen LogP contribution is 2.14. The van der Waals surface area contributed by atoms with Crippen LogP contribution in [0.4, 0.5) is 13.2 Å². The molecule has 1 aromatic rings. The van der Waals surface area contributed by atoms with Crippen LogP contribution in [0.3, 0.4) is 0 Å². The Kier molecular flexibility index (Phi) is 3.88. The summed E-state index contributed by atoms with van der Waals surface area (Å²) in [6.07, 6.45) is -3.19. The third-order valence-corrected chi connectivity index (χ3v) is 1.64. The Bertz CT molecular complexity index is 449. The van der Waals surface area contributed by atoms with Crippen molar-refractivity contribution in [3.63, 3.8) is 0 Å². The minimum Gasteiger partial charge on any atom is -0.370 e. The molecule has 5 nitrogen and oxygen atoms in total. The van der Waals surface area contributed by atoms with Gasteiger partial charge in [0.05, 0.1) is 13.2 Å². The van der Waals surface area contributed by atoms with Gasteiger partial charge in [-0.3, -0.25) is 14.3 Å². The van der Waals surface area contributed by atoms with Gasteiger partial charge in [0.1, 0.15) is 6.61 Å². The minimum atomic E-state index is -4.38. The summed E-state index contributed by atoms with van der Waals surface area (Å²) in [5.74, 6) is 0. The van der Waals surface area contributed by atoms with Crippen LogP contribution in [0, 0.1) is 0 Å². The highest BCUT2D eigenvalue weighted by atomic mass is 19.4. The summed E-state index contributed by atoms with van der Waals surface area (Å²) in [7, 11) is 0. The van der Waals surface area contributed by atoms with Gasteiger partial charge >= 0.3 is 11.9 Å². The first kappa shape index (κ1) is 12.5. The van der Waals surface area contributed by atoms with E-state index in [9.17, 15) is 22.8 Å². The Balaban J connectivity index is 2.44. The van der Waals surface area contributed by atoms with E-state index < -0.39 is 24.0 Å². The van der Waals surface area contributed by atoms with Crippen LogP contribution in [0.1, 0.15) is 0 Å². The van der Waals surface area contributed by atoms with Crippen molar-refractivity contribution in [2.24, 2.45) is 0 Å². The Hall–Kier alpha value is -1.57. The molecular weight excluding hydrogens is 229 g/mol. The van der Waals surface area contributed by atoms with E-state index >= 15 is 0 Å². The fourth-order valence-electron chi connectivity index (χ4n) is 0.971. The van der Waals surface area contributed by atoms with Gasteiger partial charge in [-0.2, -0.15) is 13.2 Å². The highest BCUT2D eigenvalue weighted by Gasteiger charge is 2.27. The van der Waals surface area contributed by atoms with Crippen LogP contribution in [0.5, 0.6) is 0 Å². The van der Waals surface area contributed by atoms with E-state index in [2.05, 4.69) is 4.74 Å². The van der Waals surface area contributed by atoms with Gasteiger partial charge in [0.15, 0.2) is 0 Å². The molecule has 16 heavy (non-hydrogen) atoms. The number of H-pyrrole nitrogens is 1. The van der Waals surface area contributed by atoms with Crippen molar-refractivity contribution in [3.8, 4) is 0 Å². The number of hydrogen-bond acceptors (Lipinski definition) is 3. The third kappa shape index (κ3) is 4.30. The molecule has 0 radical (unpaired) electrons. The maximum Gasteiger partial charge on any atom is 0.411 e. The van der Waals surface area contributed by atoms with Gasteiger partial charge in [-0.05, 0) is 0 Å². The molecule has 1 heterocycles. The predicted molar refractivity (Wildman–Crippen MR) is 48.2 cm³/mol. The van der Waals surface area contributed by atoms with E-state index in [1.165, 1.54) is 6.20 Å². The van der Waals surface area contributed by atoms with Gasteiger partial charge in [-0.15, -0.1) is 0 Å². The Morgan fingerprint density at radius 1 is 1.38 bits per heavy atom. The molecule has 1 N–H and O–H groups in total. The molecule has 0 amide bonds. The Morgan fingerprint density at radius 2 is 2.06 bits per heavy atom. The molecule has 8 heteroatoms. The zero-order valence-corrected chi connectivity index (χ0v) is 8.08. The third-order valence-electron chi connectivity index (χ3n) is 1.64. The van der Waals surface area contributed by atoms with Crippen molar-refractivity contribution in [2.75, 3.05) is 13.2 Å². The number of rotatable bonds is 4. The lowest BCUT2D eigenvalue weighted by molar-refractivity contribution is -0.174. The second-order valence-electron chi connectivity index (χ2n) is 2.97. The molecule has 0 fully saturated rings. The fourth-order valence-corrected chi connectivity index (χ4v) is 0.971. The maximum absolute atomic E-state index is 11.7. The number of nitrogens with zero attached hydrogens (tertiary/aromatic N) is 1. The molecule has 0 aromatic carbocycles. The van der Waals surface area contributed by atoms with Gasteiger partial charge in [0.2, 0.25) is 0 Å². The molecule has 0 saturated carbocycles. The molecule has 0 aliphatic heterocycles. The molecule has 0 spiro atoms. The zero-order chi connectivity index (χ0) is 12.2. The summed E-state index contributed by atoms with van der Waals surface area (Å²) in [4.78, 5) is 23.7. The predicted octanol–water partition coefficient (Wildman–Crippen LogP) is 0.115.